The predicted molar refractivity (Wildman–Crippen MR) is 94.0 cm³/mol. The average molecular weight is 335 g/mol. The van der Waals surface area contributed by atoms with E-state index in [1.807, 2.05) is 6.07 Å². The molecule has 0 fully saturated rings. The third-order valence-electron chi connectivity index (χ3n) is 3.66. The summed E-state index contributed by atoms with van der Waals surface area (Å²) in [5, 5.41) is 10.6. The molecule has 0 saturated carbocycles. The predicted octanol–water partition coefficient (Wildman–Crippen LogP) is 2.53. The minimum atomic E-state index is -0.366. The molecule has 2 amide bonds. The van der Waals surface area contributed by atoms with Gasteiger partial charge in [0.25, 0.3) is 11.8 Å². The molecule has 0 saturated heterocycles. The van der Waals surface area contributed by atoms with Gasteiger partial charge in [-0.05, 0) is 38.1 Å². The van der Waals surface area contributed by atoms with Gasteiger partial charge in [-0.3, -0.25) is 15.0 Å². The van der Waals surface area contributed by atoms with Crippen molar-refractivity contribution in [2.24, 2.45) is 0 Å². The van der Waals surface area contributed by atoms with Gasteiger partial charge in [-0.15, -0.1) is 10.2 Å². The number of anilines is 1. The second-order valence-corrected chi connectivity index (χ2v) is 5.44. The lowest BCUT2D eigenvalue weighted by Crippen LogP contribution is -2.26. The SMILES string of the molecule is Cc1nnc(C)n1NC(=O)c1ccccc1NC(=O)c1ccccc1. The maximum atomic E-state index is 12.6. The van der Waals surface area contributed by atoms with Crippen LogP contribution in [0.2, 0.25) is 0 Å². The van der Waals surface area contributed by atoms with Crippen molar-refractivity contribution in [1.29, 1.82) is 0 Å². The largest absolute Gasteiger partial charge is 0.321 e. The molecule has 3 rings (SSSR count). The van der Waals surface area contributed by atoms with Gasteiger partial charge < -0.3 is 5.32 Å². The number of rotatable bonds is 4. The number of aromatic nitrogens is 3. The Balaban J connectivity index is 1.83. The summed E-state index contributed by atoms with van der Waals surface area (Å²) in [7, 11) is 0. The van der Waals surface area contributed by atoms with E-state index in [1.165, 1.54) is 4.68 Å². The monoisotopic (exact) mass is 335 g/mol. The summed E-state index contributed by atoms with van der Waals surface area (Å²) < 4.78 is 1.50. The summed E-state index contributed by atoms with van der Waals surface area (Å²) in [6.45, 7) is 3.48. The molecule has 1 heterocycles. The van der Waals surface area contributed by atoms with Crippen LogP contribution in [0.5, 0.6) is 0 Å². The Morgan fingerprint density at radius 3 is 2.12 bits per heavy atom. The van der Waals surface area contributed by atoms with Crippen LogP contribution in [-0.2, 0) is 0 Å². The standard InChI is InChI=1S/C18H17N5O2/c1-12-20-21-13(2)23(12)22-18(25)15-10-6-7-11-16(15)19-17(24)14-8-4-3-5-9-14/h3-11H,1-2H3,(H,19,24)(H,22,25). The molecule has 1 aromatic heterocycles. The maximum Gasteiger partial charge on any atom is 0.272 e. The van der Waals surface area contributed by atoms with Crippen LogP contribution in [0.25, 0.3) is 0 Å². The molecule has 0 aliphatic heterocycles. The number of carbonyl (C=O) groups is 2. The average Bonchev–Trinajstić information content (AvgIpc) is 2.95. The summed E-state index contributed by atoms with van der Waals surface area (Å²) >= 11 is 0. The highest BCUT2D eigenvalue weighted by atomic mass is 16.2. The minimum Gasteiger partial charge on any atom is -0.321 e. The molecule has 0 aliphatic rings. The molecule has 126 valence electrons. The van der Waals surface area contributed by atoms with Crippen molar-refractivity contribution in [2.45, 2.75) is 13.8 Å². The van der Waals surface area contributed by atoms with Crippen molar-refractivity contribution in [1.82, 2.24) is 14.9 Å². The van der Waals surface area contributed by atoms with Crippen molar-refractivity contribution in [3.63, 3.8) is 0 Å². The van der Waals surface area contributed by atoms with Gasteiger partial charge in [0.1, 0.15) is 11.6 Å². The van der Waals surface area contributed by atoms with Crippen molar-refractivity contribution in [3.8, 4) is 0 Å². The van der Waals surface area contributed by atoms with Crippen LogP contribution >= 0.6 is 0 Å². The van der Waals surface area contributed by atoms with Crippen LogP contribution in [0.4, 0.5) is 5.69 Å². The first-order valence-corrected chi connectivity index (χ1v) is 7.71. The van der Waals surface area contributed by atoms with E-state index in [0.717, 1.165) is 0 Å². The zero-order valence-electron chi connectivity index (χ0n) is 13.9. The molecule has 25 heavy (non-hydrogen) atoms. The fourth-order valence-corrected chi connectivity index (χ4v) is 2.37. The van der Waals surface area contributed by atoms with E-state index in [4.69, 9.17) is 0 Å². The Labute approximate surface area is 144 Å². The number of nitrogens with zero attached hydrogens (tertiary/aromatic N) is 3. The summed E-state index contributed by atoms with van der Waals surface area (Å²) in [5.74, 6) is 0.487. The number of hydrogen-bond acceptors (Lipinski definition) is 4. The van der Waals surface area contributed by atoms with Crippen molar-refractivity contribution in [3.05, 3.63) is 77.4 Å². The Morgan fingerprint density at radius 1 is 0.840 bits per heavy atom. The molecule has 7 heteroatoms. The second kappa shape index (κ2) is 6.96. The third-order valence-corrected chi connectivity index (χ3v) is 3.66. The fraction of sp³-hybridized carbons (Fsp3) is 0.111. The van der Waals surface area contributed by atoms with Crippen LogP contribution in [0.3, 0.4) is 0 Å². The first kappa shape index (κ1) is 16.4. The van der Waals surface area contributed by atoms with Gasteiger partial charge in [-0.1, -0.05) is 30.3 Å². The summed E-state index contributed by atoms with van der Waals surface area (Å²) in [6.07, 6.45) is 0. The molecule has 0 radical (unpaired) electrons. The summed E-state index contributed by atoms with van der Waals surface area (Å²) in [5.41, 5.74) is 4.02. The van der Waals surface area contributed by atoms with Gasteiger partial charge in [0.15, 0.2) is 0 Å². The van der Waals surface area contributed by atoms with Crippen LogP contribution < -0.4 is 10.7 Å². The maximum absolute atomic E-state index is 12.6. The third kappa shape index (κ3) is 3.55. The minimum absolute atomic E-state index is 0.280. The van der Waals surface area contributed by atoms with Gasteiger partial charge in [0.2, 0.25) is 0 Å². The van der Waals surface area contributed by atoms with Crippen LogP contribution in [-0.4, -0.2) is 26.7 Å². The molecule has 0 spiro atoms. The lowest BCUT2D eigenvalue weighted by molar-refractivity contribution is 0.101. The van der Waals surface area contributed by atoms with E-state index in [0.29, 0.717) is 28.5 Å². The molecule has 7 nitrogen and oxygen atoms in total. The molecular formula is C18H17N5O2. The van der Waals surface area contributed by atoms with Crippen LogP contribution in [0, 0.1) is 13.8 Å². The van der Waals surface area contributed by atoms with Gasteiger partial charge >= 0.3 is 0 Å². The zero-order chi connectivity index (χ0) is 17.8. The highest BCUT2D eigenvalue weighted by molar-refractivity contribution is 6.10. The first-order valence-electron chi connectivity index (χ1n) is 7.71. The molecule has 0 aliphatic carbocycles. The van der Waals surface area contributed by atoms with E-state index >= 15 is 0 Å². The molecule has 2 N–H and O–H groups in total. The Hall–Kier alpha value is -3.48. The highest BCUT2D eigenvalue weighted by Gasteiger charge is 2.16. The number of benzene rings is 2. The van der Waals surface area contributed by atoms with Crippen molar-refractivity contribution < 1.29 is 9.59 Å². The molecule has 3 aromatic rings. The van der Waals surface area contributed by atoms with Gasteiger partial charge in [-0.2, -0.15) is 0 Å². The number of para-hydroxylation sites is 1. The number of amides is 2. The Morgan fingerprint density at radius 2 is 1.44 bits per heavy atom. The van der Waals surface area contributed by atoms with Crippen molar-refractivity contribution >= 4 is 17.5 Å². The molecule has 0 bridgehead atoms. The zero-order valence-corrected chi connectivity index (χ0v) is 13.9. The van der Waals surface area contributed by atoms with E-state index in [1.54, 1.807) is 62.4 Å². The summed E-state index contributed by atoms with van der Waals surface area (Å²) in [4.78, 5) is 25.0. The number of hydrogen-bond donors (Lipinski definition) is 2. The fourth-order valence-electron chi connectivity index (χ4n) is 2.37. The van der Waals surface area contributed by atoms with E-state index in [2.05, 4.69) is 20.9 Å². The van der Waals surface area contributed by atoms with E-state index < -0.39 is 0 Å². The lowest BCUT2D eigenvalue weighted by Gasteiger charge is -2.13. The topological polar surface area (TPSA) is 88.9 Å². The number of aryl methyl sites for hydroxylation is 2. The smallest absolute Gasteiger partial charge is 0.272 e. The van der Waals surface area contributed by atoms with Gasteiger partial charge in [0, 0.05) is 5.56 Å². The van der Waals surface area contributed by atoms with Crippen LogP contribution in [0.15, 0.2) is 54.6 Å². The Bertz CT molecular complexity index is 899. The number of nitrogens with one attached hydrogen (secondary N) is 2. The van der Waals surface area contributed by atoms with Crippen molar-refractivity contribution in [2.75, 3.05) is 10.7 Å². The molecular weight excluding hydrogens is 318 g/mol. The normalized spacial score (nSPS) is 10.3. The quantitative estimate of drug-likeness (QED) is 0.767. The number of carbonyl (C=O) groups excluding carboxylic acids is 2. The lowest BCUT2D eigenvalue weighted by atomic mass is 10.1. The second-order valence-electron chi connectivity index (χ2n) is 5.44. The summed E-state index contributed by atoms with van der Waals surface area (Å²) in [6, 6.07) is 15.6. The van der Waals surface area contributed by atoms with Crippen LogP contribution in [0.1, 0.15) is 32.4 Å². The Kier molecular flexibility index (Phi) is 4.56. The first-order chi connectivity index (χ1) is 12.1. The highest BCUT2D eigenvalue weighted by Crippen LogP contribution is 2.17. The van der Waals surface area contributed by atoms with E-state index in [9.17, 15) is 9.59 Å². The molecule has 2 aromatic carbocycles. The molecule has 0 unspecified atom stereocenters. The van der Waals surface area contributed by atoms with Gasteiger partial charge in [-0.25, -0.2) is 4.68 Å². The van der Waals surface area contributed by atoms with Gasteiger partial charge in [0.05, 0.1) is 11.3 Å². The molecule has 0 atom stereocenters. The van der Waals surface area contributed by atoms with E-state index in [-0.39, 0.29) is 11.8 Å².